The summed E-state index contributed by atoms with van der Waals surface area (Å²) in [6.45, 7) is 1.59. The molecule has 0 bridgehead atoms. The highest BCUT2D eigenvalue weighted by atomic mass is 16.2. The van der Waals surface area contributed by atoms with Gasteiger partial charge in [-0.3, -0.25) is 9.59 Å². The number of hydrogen-bond donors (Lipinski definition) is 2. The molecule has 0 unspecified atom stereocenters. The number of anilines is 1. The average molecular weight is 231 g/mol. The summed E-state index contributed by atoms with van der Waals surface area (Å²) < 4.78 is 1.31. The number of nitrogen functional groups attached to an aromatic ring is 1. The second-order valence-corrected chi connectivity index (χ2v) is 3.91. The van der Waals surface area contributed by atoms with Crippen molar-refractivity contribution in [2.45, 2.75) is 13.0 Å². The van der Waals surface area contributed by atoms with E-state index in [0.717, 1.165) is 0 Å². The van der Waals surface area contributed by atoms with Gasteiger partial charge in [0.2, 0.25) is 5.91 Å². The lowest BCUT2D eigenvalue weighted by Crippen LogP contribution is -2.31. The lowest BCUT2D eigenvalue weighted by Gasteiger charge is -2.12. The maximum absolute atomic E-state index is 12.1. The minimum absolute atomic E-state index is 0.263. The first-order chi connectivity index (χ1) is 8.02. The molecule has 1 aromatic carbocycles. The van der Waals surface area contributed by atoms with Crippen LogP contribution in [0.1, 0.15) is 13.0 Å². The summed E-state index contributed by atoms with van der Waals surface area (Å²) in [5.74, 6) is -0.546. The van der Waals surface area contributed by atoms with E-state index >= 15 is 0 Å². The number of primary amides is 1. The molecule has 1 amide bonds. The molecule has 17 heavy (non-hydrogen) atoms. The molecule has 2 aromatic rings. The Morgan fingerprint density at radius 2 is 2.00 bits per heavy atom. The Kier molecular flexibility index (Phi) is 2.59. The fraction of sp³-hybridized carbons (Fsp3) is 0.167. The topological polar surface area (TPSA) is 91.1 Å². The minimum Gasteiger partial charge on any atom is -0.398 e. The Labute approximate surface area is 97.6 Å². The lowest BCUT2D eigenvalue weighted by atomic mass is 10.1. The van der Waals surface area contributed by atoms with E-state index in [9.17, 15) is 9.59 Å². The highest BCUT2D eigenvalue weighted by Crippen LogP contribution is 2.17. The minimum atomic E-state index is -0.673. The fourth-order valence-corrected chi connectivity index (χ4v) is 1.76. The SMILES string of the molecule is C[C@@H](C(N)=O)n1ccc2c(N)cccc2c1=O. The first-order valence-corrected chi connectivity index (χ1v) is 5.21. The van der Waals surface area contributed by atoms with E-state index < -0.39 is 11.9 Å². The molecule has 4 N–H and O–H groups in total. The number of carbonyl (C=O) groups is 1. The van der Waals surface area contributed by atoms with Crippen LogP contribution in [0.3, 0.4) is 0 Å². The van der Waals surface area contributed by atoms with Gasteiger partial charge in [-0.15, -0.1) is 0 Å². The standard InChI is InChI=1S/C12H13N3O2/c1-7(11(14)16)15-6-5-8-9(12(15)17)3-2-4-10(8)13/h2-7H,13H2,1H3,(H2,14,16)/t7-/m0/s1. The van der Waals surface area contributed by atoms with E-state index in [4.69, 9.17) is 11.5 Å². The van der Waals surface area contributed by atoms with E-state index in [1.165, 1.54) is 10.8 Å². The molecule has 0 fully saturated rings. The molecule has 88 valence electrons. The highest BCUT2D eigenvalue weighted by Gasteiger charge is 2.14. The Morgan fingerprint density at radius 1 is 1.29 bits per heavy atom. The van der Waals surface area contributed by atoms with Crippen LogP contribution in [0.15, 0.2) is 35.3 Å². The van der Waals surface area contributed by atoms with Crippen molar-refractivity contribution in [1.29, 1.82) is 0 Å². The van der Waals surface area contributed by atoms with E-state index in [0.29, 0.717) is 16.5 Å². The maximum atomic E-state index is 12.1. The number of aromatic nitrogens is 1. The van der Waals surface area contributed by atoms with Crippen LogP contribution in [0.5, 0.6) is 0 Å². The van der Waals surface area contributed by atoms with Crippen molar-refractivity contribution in [3.8, 4) is 0 Å². The molecule has 2 rings (SSSR count). The Bertz CT molecular complexity index is 646. The van der Waals surface area contributed by atoms with Crippen LogP contribution >= 0.6 is 0 Å². The monoisotopic (exact) mass is 231 g/mol. The zero-order valence-electron chi connectivity index (χ0n) is 9.38. The van der Waals surface area contributed by atoms with Crippen LogP contribution in [0.25, 0.3) is 10.8 Å². The van der Waals surface area contributed by atoms with Crippen molar-refractivity contribution in [2.75, 3.05) is 5.73 Å². The maximum Gasteiger partial charge on any atom is 0.259 e. The van der Waals surface area contributed by atoms with Gasteiger partial charge in [0.15, 0.2) is 0 Å². The zero-order valence-corrected chi connectivity index (χ0v) is 9.38. The van der Waals surface area contributed by atoms with Crippen LogP contribution in [0.4, 0.5) is 5.69 Å². The second kappa shape index (κ2) is 3.93. The third kappa shape index (κ3) is 1.75. The predicted molar refractivity (Wildman–Crippen MR) is 66.5 cm³/mol. The summed E-state index contributed by atoms with van der Waals surface area (Å²) >= 11 is 0. The number of nitrogens with two attached hydrogens (primary N) is 2. The molecule has 5 nitrogen and oxygen atoms in total. The molecular formula is C12H13N3O2. The summed E-state index contributed by atoms with van der Waals surface area (Å²) in [5.41, 5.74) is 11.2. The van der Waals surface area contributed by atoms with Crippen molar-refractivity contribution >= 4 is 22.4 Å². The predicted octanol–water partition coefficient (Wildman–Crippen LogP) is 0.630. The average Bonchev–Trinajstić information content (AvgIpc) is 2.30. The van der Waals surface area contributed by atoms with E-state index in [1.807, 2.05) is 0 Å². The summed E-state index contributed by atoms with van der Waals surface area (Å²) in [6, 6.07) is 6.15. The van der Waals surface area contributed by atoms with Crippen LogP contribution in [-0.4, -0.2) is 10.5 Å². The third-order valence-electron chi connectivity index (χ3n) is 2.84. The number of carbonyl (C=O) groups excluding carboxylic acids is 1. The van der Waals surface area contributed by atoms with Crippen molar-refractivity contribution in [3.05, 3.63) is 40.8 Å². The van der Waals surface area contributed by atoms with Gasteiger partial charge in [-0.1, -0.05) is 6.07 Å². The number of amides is 1. The van der Waals surface area contributed by atoms with Gasteiger partial charge in [-0.05, 0) is 25.1 Å². The quantitative estimate of drug-likeness (QED) is 0.742. The number of rotatable bonds is 2. The molecule has 1 aromatic heterocycles. The molecule has 0 aliphatic heterocycles. The Morgan fingerprint density at radius 3 is 2.65 bits per heavy atom. The molecule has 0 saturated heterocycles. The van der Waals surface area contributed by atoms with Gasteiger partial charge >= 0.3 is 0 Å². The second-order valence-electron chi connectivity index (χ2n) is 3.91. The molecule has 0 aliphatic carbocycles. The van der Waals surface area contributed by atoms with Crippen LogP contribution in [0, 0.1) is 0 Å². The molecule has 1 atom stereocenters. The van der Waals surface area contributed by atoms with Crippen molar-refractivity contribution in [1.82, 2.24) is 4.57 Å². The van der Waals surface area contributed by atoms with Gasteiger partial charge in [0.05, 0.1) is 0 Å². The number of benzene rings is 1. The van der Waals surface area contributed by atoms with Gasteiger partial charge in [0.25, 0.3) is 5.56 Å². The first kappa shape index (κ1) is 11.2. The number of nitrogens with zero attached hydrogens (tertiary/aromatic N) is 1. The summed E-state index contributed by atoms with van der Waals surface area (Å²) in [5, 5.41) is 1.17. The van der Waals surface area contributed by atoms with Gasteiger partial charge in [0.1, 0.15) is 6.04 Å². The molecular weight excluding hydrogens is 218 g/mol. The zero-order chi connectivity index (χ0) is 12.6. The van der Waals surface area contributed by atoms with Crippen molar-refractivity contribution < 1.29 is 4.79 Å². The van der Waals surface area contributed by atoms with E-state index in [-0.39, 0.29) is 5.56 Å². The summed E-state index contributed by atoms with van der Waals surface area (Å²) in [4.78, 5) is 23.2. The van der Waals surface area contributed by atoms with E-state index in [1.54, 1.807) is 31.2 Å². The van der Waals surface area contributed by atoms with Gasteiger partial charge < -0.3 is 16.0 Å². The fourth-order valence-electron chi connectivity index (χ4n) is 1.76. The van der Waals surface area contributed by atoms with Gasteiger partial charge in [0, 0.05) is 22.7 Å². The third-order valence-corrected chi connectivity index (χ3v) is 2.84. The summed E-state index contributed by atoms with van der Waals surface area (Å²) in [7, 11) is 0. The van der Waals surface area contributed by atoms with Crippen LogP contribution in [-0.2, 0) is 4.79 Å². The highest BCUT2D eigenvalue weighted by molar-refractivity contribution is 5.92. The van der Waals surface area contributed by atoms with Gasteiger partial charge in [-0.25, -0.2) is 0 Å². The number of pyridine rings is 1. The molecule has 0 radical (unpaired) electrons. The summed E-state index contributed by atoms with van der Waals surface area (Å²) in [6.07, 6.45) is 1.54. The number of hydrogen-bond acceptors (Lipinski definition) is 3. The van der Waals surface area contributed by atoms with Gasteiger partial charge in [-0.2, -0.15) is 0 Å². The van der Waals surface area contributed by atoms with E-state index in [2.05, 4.69) is 0 Å². The van der Waals surface area contributed by atoms with Crippen LogP contribution < -0.4 is 17.0 Å². The molecule has 0 aliphatic rings. The molecule has 1 heterocycles. The largest absolute Gasteiger partial charge is 0.398 e. The number of fused-ring (bicyclic) bond motifs is 1. The Hall–Kier alpha value is -2.30. The first-order valence-electron chi connectivity index (χ1n) is 5.21. The molecule has 0 saturated carbocycles. The lowest BCUT2D eigenvalue weighted by molar-refractivity contribution is -0.120. The van der Waals surface area contributed by atoms with Crippen molar-refractivity contribution in [3.63, 3.8) is 0 Å². The molecule has 0 spiro atoms. The smallest absolute Gasteiger partial charge is 0.259 e. The van der Waals surface area contributed by atoms with Crippen molar-refractivity contribution in [2.24, 2.45) is 5.73 Å². The molecule has 5 heteroatoms. The van der Waals surface area contributed by atoms with Crippen LogP contribution in [0.2, 0.25) is 0 Å². The normalized spacial score (nSPS) is 12.5. The Balaban J connectivity index is 2.75.